The first-order valence-electron chi connectivity index (χ1n) is 8.61. The van der Waals surface area contributed by atoms with Crippen molar-refractivity contribution in [2.45, 2.75) is 18.8 Å². The number of carbonyl (C=O) groups is 2. The van der Waals surface area contributed by atoms with E-state index in [0.29, 0.717) is 25.1 Å². The molecule has 0 radical (unpaired) electrons. The summed E-state index contributed by atoms with van der Waals surface area (Å²) in [6.07, 6.45) is 0.846. The fraction of sp³-hybridized carbons (Fsp3) is 0.300. The lowest BCUT2D eigenvalue weighted by Crippen LogP contribution is -2.33. The molecule has 3 rings (SSSR count). The number of hydrogen-bond donors (Lipinski definition) is 1. The van der Waals surface area contributed by atoms with Gasteiger partial charge in [-0.15, -0.1) is 0 Å². The Bertz CT molecular complexity index is 810. The van der Waals surface area contributed by atoms with E-state index in [4.69, 9.17) is 0 Å². The second-order valence-corrected chi connectivity index (χ2v) is 6.33. The minimum atomic E-state index is -0.594. The maximum Gasteiger partial charge on any atom is 0.254 e. The van der Waals surface area contributed by atoms with E-state index in [1.165, 1.54) is 24.3 Å². The molecule has 1 saturated heterocycles. The summed E-state index contributed by atoms with van der Waals surface area (Å²) in [7, 11) is 0. The molecule has 1 aliphatic rings. The van der Waals surface area contributed by atoms with Crippen LogP contribution >= 0.6 is 0 Å². The van der Waals surface area contributed by atoms with E-state index in [2.05, 4.69) is 5.32 Å². The largest absolute Gasteiger partial charge is 0.351 e. The lowest BCUT2D eigenvalue weighted by Gasteiger charge is -2.17. The van der Waals surface area contributed by atoms with Crippen LogP contribution in [0.5, 0.6) is 0 Å². The Morgan fingerprint density at radius 1 is 1.04 bits per heavy atom. The SMILES string of the molecule is O=C(NCCC(=O)N1CC[C@@H](c2ccccc2F)C1)c1ccccc1F. The third-order valence-electron chi connectivity index (χ3n) is 4.63. The second-order valence-electron chi connectivity index (χ2n) is 6.33. The van der Waals surface area contributed by atoms with E-state index in [0.717, 1.165) is 0 Å². The Balaban J connectivity index is 1.48. The molecule has 4 nitrogen and oxygen atoms in total. The van der Waals surface area contributed by atoms with E-state index in [1.807, 2.05) is 0 Å². The highest BCUT2D eigenvalue weighted by molar-refractivity contribution is 5.94. The van der Waals surface area contributed by atoms with Crippen LogP contribution in [-0.2, 0) is 4.79 Å². The molecule has 136 valence electrons. The predicted molar refractivity (Wildman–Crippen MR) is 93.7 cm³/mol. The molecular formula is C20H20F2N2O2. The summed E-state index contributed by atoms with van der Waals surface area (Å²) in [5.74, 6) is -1.49. The first-order chi connectivity index (χ1) is 12.6. The highest BCUT2D eigenvalue weighted by atomic mass is 19.1. The molecule has 2 aromatic rings. The van der Waals surface area contributed by atoms with Gasteiger partial charge in [0.15, 0.2) is 0 Å². The number of likely N-dealkylation sites (tertiary alicyclic amines) is 1. The van der Waals surface area contributed by atoms with Crippen LogP contribution in [0.1, 0.15) is 34.7 Å². The summed E-state index contributed by atoms with van der Waals surface area (Å²) in [6, 6.07) is 12.3. The van der Waals surface area contributed by atoms with Crippen molar-refractivity contribution in [2.24, 2.45) is 0 Å². The van der Waals surface area contributed by atoms with Gasteiger partial charge in [0, 0.05) is 32.0 Å². The van der Waals surface area contributed by atoms with Crippen LogP contribution in [0.4, 0.5) is 8.78 Å². The number of rotatable bonds is 5. The van der Waals surface area contributed by atoms with Gasteiger partial charge in [-0.25, -0.2) is 8.78 Å². The minimum absolute atomic E-state index is 0.00634. The van der Waals surface area contributed by atoms with Crippen LogP contribution in [0, 0.1) is 11.6 Å². The summed E-state index contributed by atoms with van der Waals surface area (Å²) in [6.45, 7) is 1.17. The molecule has 1 fully saturated rings. The van der Waals surface area contributed by atoms with Gasteiger partial charge in [-0.05, 0) is 30.2 Å². The average Bonchev–Trinajstić information content (AvgIpc) is 3.12. The van der Waals surface area contributed by atoms with E-state index in [1.54, 1.807) is 29.2 Å². The van der Waals surface area contributed by atoms with Crippen LogP contribution in [0.2, 0.25) is 0 Å². The summed E-state index contributed by atoms with van der Waals surface area (Å²) in [4.78, 5) is 25.9. The summed E-state index contributed by atoms with van der Waals surface area (Å²) in [5, 5.41) is 2.56. The molecule has 2 amide bonds. The summed E-state index contributed by atoms with van der Waals surface area (Å²) in [5.41, 5.74) is 0.594. The van der Waals surface area contributed by atoms with E-state index < -0.39 is 11.7 Å². The number of benzene rings is 2. The Morgan fingerprint density at radius 2 is 1.73 bits per heavy atom. The molecule has 0 unspecified atom stereocenters. The fourth-order valence-corrected chi connectivity index (χ4v) is 3.23. The fourth-order valence-electron chi connectivity index (χ4n) is 3.23. The lowest BCUT2D eigenvalue weighted by molar-refractivity contribution is -0.130. The van der Waals surface area contributed by atoms with Gasteiger partial charge in [0.1, 0.15) is 11.6 Å². The zero-order chi connectivity index (χ0) is 18.5. The standard InChI is InChI=1S/C20H20F2N2O2/c21-17-7-3-1-5-15(17)14-10-12-24(13-14)19(25)9-11-23-20(26)16-6-2-4-8-18(16)22/h1-8,14H,9-13H2,(H,23,26)/t14-/m1/s1. The number of nitrogens with zero attached hydrogens (tertiary/aromatic N) is 1. The van der Waals surface area contributed by atoms with Crippen molar-refractivity contribution in [3.05, 3.63) is 71.3 Å². The molecule has 0 saturated carbocycles. The Hall–Kier alpha value is -2.76. The normalized spacial score (nSPS) is 16.5. The molecular weight excluding hydrogens is 338 g/mol. The quantitative estimate of drug-likeness (QED) is 0.893. The topological polar surface area (TPSA) is 49.4 Å². The van der Waals surface area contributed by atoms with Crippen molar-refractivity contribution < 1.29 is 18.4 Å². The number of halogens is 2. The molecule has 6 heteroatoms. The van der Waals surface area contributed by atoms with E-state index in [9.17, 15) is 18.4 Å². The maximum atomic E-state index is 13.9. The first kappa shape index (κ1) is 18.0. The maximum absolute atomic E-state index is 13.9. The Kier molecular flexibility index (Phi) is 5.61. The van der Waals surface area contributed by atoms with Crippen molar-refractivity contribution in [1.82, 2.24) is 10.2 Å². The third kappa shape index (κ3) is 4.07. The van der Waals surface area contributed by atoms with Crippen molar-refractivity contribution in [3.63, 3.8) is 0 Å². The molecule has 1 N–H and O–H groups in total. The van der Waals surface area contributed by atoms with Gasteiger partial charge in [-0.2, -0.15) is 0 Å². The van der Waals surface area contributed by atoms with Crippen LogP contribution in [-0.4, -0.2) is 36.3 Å². The Morgan fingerprint density at radius 3 is 2.46 bits per heavy atom. The lowest BCUT2D eigenvalue weighted by atomic mass is 9.98. The minimum Gasteiger partial charge on any atom is -0.351 e. The van der Waals surface area contributed by atoms with Crippen LogP contribution in [0.3, 0.4) is 0 Å². The Labute approximate surface area is 150 Å². The van der Waals surface area contributed by atoms with Gasteiger partial charge < -0.3 is 10.2 Å². The first-order valence-corrected chi connectivity index (χ1v) is 8.61. The van der Waals surface area contributed by atoms with Crippen LogP contribution in [0.25, 0.3) is 0 Å². The second kappa shape index (κ2) is 8.08. The van der Waals surface area contributed by atoms with Gasteiger partial charge in [-0.3, -0.25) is 9.59 Å². The highest BCUT2D eigenvalue weighted by Crippen LogP contribution is 2.29. The van der Waals surface area contributed by atoms with Crippen LogP contribution in [0.15, 0.2) is 48.5 Å². The third-order valence-corrected chi connectivity index (χ3v) is 4.63. The molecule has 0 bridgehead atoms. The van der Waals surface area contributed by atoms with Gasteiger partial charge in [0.05, 0.1) is 5.56 Å². The van der Waals surface area contributed by atoms with Crippen molar-refractivity contribution in [1.29, 1.82) is 0 Å². The van der Waals surface area contributed by atoms with E-state index >= 15 is 0 Å². The number of hydrogen-bond acceptors (Lipinski definition) is 2. The monoisotopic (exact) mass is 358 g/mol. The molecule has 26 heavy (non-hydrogen) atoms. The molecule has 1 heterocycles. The van der Waals surface area contributed by atoms with Gasteiger partial charge in [0.25, 0.3) is 5.91 Å². The van der Waals surface area contributed by atoms with Crippen LogP contribution < -0.4 is 5.32 Å². The smallest absolute Gasteiger partial charge is 0.254 e. The molecule has 0 spiro atoms. The van der Waals surface area contributed by atoms with Crippen molar-refractivity contribution in [3.8, 4) is 0 Å². The zero-order valence-electron chi connectivity index (χ0n) is 14.3. The molecule has 0 aromatic heterocycles. The molecule has 0 aliphatic carbocycles. The van der Waals surface area contributed by atoms with Gasteiger partial charge in [-0.1, -0.05) is 30.3 Å². The summed E-state index contributed by atoms with van der Waals surface area (Å²) < 4.78 is 27.4. The zero-order valence-corrected chi connectivity index (χ0v) is 14.3. The molecule has 2 aromatic carbocycles. The predicted octanol–water partition coefficient (Wildman–Crippen LogP) is 3.10. The van der Waals surface area contributed by atoms with Gasteiger partial charge in [0.2, 0.25) is 5.91 Å². The molecule has 1 atom stereocenters. The van der Waals surface area contributed by atoms with E-state index in [-0.39, 0.29) is 36.2 Å². The van der Waals surface area contributed by atoms with Crippen molar-refractivity contribution >= 4 is 11.8 Å². The highest BCUT2D eigenvalue weighted by Gasteiger charge is 2.28. The number of nitrogens with one attached hydrogen (secondary N) is 1. The summed E-state index contributed by atoms with van der Waals surface area (Å²) >= 11 is 0. The number of amides is 2. The van der Waals surface area contributed by atoms with Crippen molar-refractivity contribution in [2.75, 3.05) is 19.6 Å². The molecule has 1 aliphatic heterocycles. The van der Waals surface area contributed by atoms with Gasteiger partial charge >= 0.3 is 0 Å². The average molecular weight is 358 g/mol. The number of carbonyl (C=O) groups excluding carboxylic acids is 2.